The van der Waals surface area contributed by atoms with E-state index in [1.807, 2.05) is 36.4 Å². The third-order valence-electron chi connectivity index (χ3n) is 2.13. The van der Waals surface area contributed by atoms with E-state index in [0.29, 0.717) is 13.0 Å². The normalized spacial score (nSPS) is 9.60. The summed E-state index contributed by atoms with van der Waals surface area (Å²) in [6, 6.07) is 9.76. The Morgan fingerprint density at radius 3 is 2.73 bits per heavy atom. The van der Waals surface area contributed by atoms with Crippen molar-refractivity contribution in [1.29, 1.82) is 0 Å². The van der Waals surface area contributed by atoms with Crippen molar-refractivity contribution in [2.75, 3.05) is 11.9 Å². The van der Waals surface area contributed by atoms with E-state index in [2.05, 4.69) is 11.9 Å². The third kappa shape index (κ3) is 5.01. The van der Waals surface area contributed by atoms with E-state index >= 15 is 0 Å². The molecule has 0 unspecified atom stereocenters. The van der Waals surface area contributed by atoms with E-state index in [1.165, 1.54) is 0 Å². The number of anilines is 1. The van der Waals surface area contributed by atoms with E-state index in [-0.39, 0.29) is 5.78 Å². The first-order chi connectivity index (χ1) is 7.33. The maximum atomic E-state index is 11.4. The molecule has 1 aromatic rings. The highest BCUT2D eigenvalue weighted by atomic mass is 16.1. The van der Waals surface area contributed by atoms with Gasteiger partial charge in [0.1, 0.15) is 0 Å². The molecule has 0 aliphatic heterocycles. The molecule has 2 nitrogen and oxygen atoms in total. The number of Topliss-reactive ketones (excluding diaryl/α,β-unsaturated/α-hetero) is 1. The Labute approximate surface area is 91.0 Å². The highest BCUT2D eigenvalue weighted by Gasteiger charge is 2.00. The number of hydrogen-bond acceptors (Lipinski definition) is 2. The van der Waals surface area contributed by atoms with Crippen molar-refractivity contribution in [1.82, 2.24) is 0 Å². The zero-order valence-electron chi connectivity index (χ0n) is 8.91. The molecule has 0 heterocycles. The van der Waals surface area contributed by atoms with Crippen molar-refractivity contribution in [2.45, 2.75) is 19.3 Å². The van der Waals surface area contributed by atoms with Gasteiger partial charge in [-0.2, -0.15) is 0 Å². The monoisotopic (exact) mass is 203 g/mol. The molecule has 0 fully saturated rings. The first kappa shape index (κ1) is 11.5. The fraction of sp³-hybridized carbons (Fsp3) is 0.308. The van der Waals surface area contributed by atoms with Gasteiger partial charge in [-0.25, -0.2) is 0 Å². The van der Waals surface area contributed by atoms with Crippen LogP contribution in [-0.4, -0.2) is 12.3 Å². The van der Waals surface area contributed by atoms with Crippen LogP contribution in [0.2, 0.25) is 0 Å². The second-order valence-electron chi connectivity index (χ2n) is 3.44. The number of ketones is 1. The van der Waals surface area contributed by atoms with E-state index in [0.717, 1.165) is 18.5 Å². The standard InChI is InChI=1S/C13H17NO/c1-2-3-5-10-13(15)11-14-12-8-6-4-7-9-12/h2,4,6-9,14H,1,3,5,10-11H2. The summed E-state index contributed by atoms with van der Waals surface area (Å²) in [5.74, 6) is 0.251. The minimum absolute atomic E-state index is 0.251. The molecule has 0 radical (unpaired) electrons. The fourth-order valence-corrected chi connectivity index (χ4v) is 1.29. The van der Waals surface area contributed by atoms with Gasteiger partial charge in [0.25, 0.3) is 0 Å². The molecule has 80 valence electrons. The van der Waals surface area contributed by atoms with Crippen molar-refractivity contribution >= 4 is 11.5 Å². The fourth-order valence-electron chi connectivity index (χ4n) is 1.29. The number of carbonyl (C=O) groups is 1. The lowest BCUT2D eigenvalue weighted by Crippen LogP contribution is -2.13. The second kappa shape index (κ2) is 6.82. The zero-order chi connectivity index (χ0) is 10.9. The largest absolute Gasteiger partial charge is 0.378 e. The maximum Gasteiger partial charge on any atom is 0.151 e. The van der Waals surface area contributed by atoms with Crippen molar-refractivity contribution in [3.63, 3.8) is 0 Å². The molecule has 1 rings (SSSR count). The lowest BCUT2D eigenvalue weighted by molar-refractivity contribution is -0.117. The number of allylic oxidation sites excluding steroid dienone is 1. The van der Waals surface area contributed by atoms with Crippen LogP contribution in [0, 0.1) is 0 Å². The first-order valence-corrected chi connectivity index (χ1v) is 5.24. The van der Waals surface area contributed by atoms with Gasteiger partial charge in [0.05, 0.1) is 6.54 Å². The Morgan fingerprint density at radius 2 is 2.07 bits per heavy atom. The summed E-state index contributed by atoms with van der Waals surface area (Å²) in [5.41, 5.74) is 0.995. The maximum absolute atomic E-state index is 11.4. The van der Waals surface area contributed by atoms with Gasteiger partial charge in [0.2, 0.25) is 0 Å². The summed E-state index contributed by atoms with van der Waals surface area (Å²) in [7, 11) is 0. The third-order valence-corrected chi connectivity index (χ3v) is 2.13. The number of para-hydroxylation sites is 1. The number of unbranched alkanes of at least 4 members (excludes halogenated alkanes) is 1. The van der Waals surface area contributed by atoms with E-state index in [9.17, 15) is 4.79 Å². The number of hydrogen-bond donors (Lipinski definition) is 1. The Bertz CT molecular complexity index is 306. The zero-order valence-corrected chi connectivity index (χ0v) is 8.91. The second-order valence-corrected chi connectivity index (χ2v) is 3.44. The molecule has 0 saturated carbocycles. The smallest absolute Gasteiger partial charge is 0.151 e. The van der Waals surface area contributed by atoms with E-state index in [4.69, 9.17) is 0 Å². The predicted octanol–water partition coefficient (Wildman–Crippen LogP) is 3.02. The molecule has 0 atom stereocenters. The Morgan fingerprint density at radius 1 is 1.33 bits per heavy atom. The quantitative estimate of drug-likeness (QED) is 0.545. The van der Waals surface area contributed by atoms with Crippen LogP contribution in [-0.2, 0) is 4.79 Å². The molecule has 0 aliphatic rings. The lowest BCUT2D eigenvalue weighted by atomic mass is 10.2. The summed E-state index contributed by atoms with van der Waals surface area (Å²) in [6.45, 7) is 4.04. The average Bonchev–Trinajstić information content (AvgIpc) is 2.28. The van der Waals surface area contributed by atoms with E-state index < -0.39 is 0 Å². The SMILES string of the molecule is C=CCCCC(=O)CNc1ccccc1. The highest BCUT2D eigenvalue weighted by Crippen LogP contribution is 2.05. The Hall–Kier alpha value is -1.57. The summed E-state index contributed by atoms with van der Waals surface area (Å²) in [5, 5.41) is 3.10. The average molecular weight is 203 g/mol. The molecule has 0 spiro atoms. The summed E-state index contributed by atoms with van der Waals surface area (Å²) < 4.78 is 0. The first-order valence-electron chi connectivity index (χ1n) is 5.24. The van der Waals surface area contributed by atoms with Crippen molar-refractivity contribution in [2.24, 2.45) is 0 Å². The van der Waals surface area contributed by atoms with Crippen LogP contribution in [0.25, 0.3) is 0 Å². The van der Waals surface area contributed by atoms with Crippen LogP contribution in [0.4, 0.5) is 5.69 Å². The van der Waals surface area contributed by atoms with Gasteiger partial charge < -0.3 is 5.32 Å². The molecule has 0 aromatic heterocycles. The van der Waals surface area contributed by atoms with Crippen molar-refractivity contribution < 1.29 is 4.79 Å². The van der Waals surface area contributed by atoms with Gasteiger partial charge in [0, 0.05) is 12.1 Å². The molecule has 0 saturated heterocycles. The molecule has 2 heteroatoms. The van der Waals surface area contributed by atoms with Crippen LogP contribution in [0.5, 0.6) is 0 Å². The number of benzene rings is 1. The van der Waals surface area contributed by atoms with Crippen LogP contribution >= 0.6 is 0 Å². The van der Waals surface area contributed by atoms with Gasteiger partial charge in [-0.3, -0.25) is 4.79 Å². The van der Waals surface area contributed by atoms with Gasteiger partial charge in [-0.1, -0.05) is 24.3 Å². The molecule has 15 heavy (non-hydrogen) atoms. The minimum atomic E-state index is 0.251. The van der Waals surface area contributed by atoms with Gasteiger partial charge in [0.15, 0.2) is 5.78 Å². The van der Waals surface area contributed by atoms with Crippen LogP contribution in [0.3, 0.4) is 0 Å². The topological polar surface area (TPSA) is 29.1 Å². The summed E-state index contributed by atoms with van der Waals surface area (Å²) in [4.78, 5) is 11.4. The van der Waals surface area contributed by atoms with Crippen molar-refractivity contribution in [3.8, 4) is 0 Å². The summed E-state index contributed by atoms with van der Waals surface area (Å²) in [6.07, 6.45) is 4.29. The molecule has 0 bridgehead atoms. The van der Waals surface area contributed by atoms with Gasteiger partial charge in [-0.05, 0) is 25.0 Å². The van der Waals surface area contributed by atoms with Gasteiger partial charge >= 0.3 is 0 Å². The lowest BCUT2D eigenvalue weighted by Gasteiger charge is -2.04. The van der Waals surface area contributed by atoms with Crippen LogP contribution < -0.4 is 5.32 Å². The molecular weight excluding hydrogens is 186 g/mol. The van der Waals surface area contributed by atoms with Crippen molar-refractivity contribution in [3.05, 3.63) is 43.0 Å². The Kier molecular flexibility index (Phi) is 5.23. The molecular formula is C13H17NO. The predicted molar refractivity (Wildman–Crippen MR) is 64.0 cm³/mol. The summed E-state index contributed by atoms with van der Waals surface area (Å²) >= 11 is 0. The highest BCUT2D eigenvalue weighted by molar-refractivity contribution is 5.82. The van der Waals surface area contributed by atoms with Crippen LogP contribution in [0.15, 0.2) is 43.0 Å². The van der Waals surface area contributed by atoms with Gasteiger partial charge in [-0.15, -0.1) is 6.58 Å². The molecule has 1 N–H and O–H groups in total. The number of nitrogens with one attached hydrogen (secondary N) is 1. The molecule has 0 aliphatic carbocycles. The molecule has 1 aromatic carbocycles. The Balaban J connectivity index is 2.20. The number of rotatable bonds is 7. The number of carbonyl (C=O) groups excluding carboxylic acids is 1. The molecule has 0 amide bonds. The minimum Gasteiger partial charge on any atom is -0.378 e. The van der Waals surface area contributed by atoms with Crippen LogP contribution in [0.1, 0.15) is 19.3 Å². The van der Waals surface area contributed by atoms with E-state index in [1.54, 1.807) is 0 Å².